The number of rotatable bonds is 5. The highest BCUT2D eigenvalue weighted by Crippen LogP contribution is 2.33. The summed E-state index contributed by atoms with van der Waals surface area (Å²) in [5, 5.41) is 2.68. The van der Waals surface area contributed by atoms with Crippen LogP contribution in [0.3, 0.4) is 0 Å². The molecule has 0 radical (unpaired) electrons. The van der Waals surface area contributed by atoms with E-state index >= 15 is 0 Å². The van der Waals surface area contributed by atoms with Crippen LogP contribution in [0.5, 0.6) is 0 Å². The van der Waals surface area contributed by atoms with Crippen molar-refractivity contribution in [3.8, 4) is 0 Å². The highest BCUT2D eigenvalue weighted by Gasteiger charge is 2.29. The van der Waals surface area contributed by atoms with Crippen molar-refractivity contribution in [1.82, 2.24) is 10.2 Å². The van der Waals surface area contributed by atoms with E-state index in [0.717, 1.165) is 5.56 Å². The van der Waals surface area contributed by atoms with Gasteiger partial charge in [0.2, 0.25) is 11.8 Å². The van der Waals surface area contributed by atoms with Crippen molar-refractivity contribution in [2.75, 3.05) is 13.1 Å². The van der Waals surface area contributed by atoms with Crippen LogP contribution in [-0.2, 0) is 16.1 Å². The second-order valence-electron chi connectivity index (χ2n) is 7.42. The molecule has 2 atom stereocenters. The molecule has 1 aliphatic heterocycles. The predicted octanol–water partition coefficient (Wildman–Crippen LogP) is 2.68. The van der Waals surface area contributed by atoms with E-state index in [2.05, 4.69) is 29.6 Å². The number of hydrogen-bond donors (Lipinski definition) is 2. The lowest BCUT2D eigenvalue weighted by molar-refractivity contribution is -0.134. The number of carbonyl (C=O) groups excluding carboxylic acids is 2. The third kappa shape index (κ3) is 4.91. The molecule has 0 saturated heterocycles. The summed E-state index contributed by atoms with van der Waals surface area (Å²) in [6.07, 6.45) is 0. The first-order valence-electron chi connectivity index (χ1n) is 9.41. The van der Waals surface area contributed by atoms with Gasteiger partial charge in [0.15, 0.2) is 0 Å². The Balaban J connectivity index is 0.00000280. The number of benzene rings is 2. The van der Waals surface area contributed by atoms with E-state index in [-0.39, 0.29) is 42.6 Å². The summed E-state index contributed by atoms with van der Waals surface area (Å²) in [5.41, 5.74) is 9.45. The van der Waals surface area contributed by atoms with Crippen LogP contribution < -0.4 is 11.1 Å². The first-order valence-corrected chi connectivity index (χ1v) is 9.41. The van der Waals surface area contributed by atoms with Gasteiger partial charge in [0.05, 0.1) is 12.6 Å². The summed E-state index contributed by atoms with van der Waals surface area (Å²) in [7, 11) is 0. The van der Waals surface area contributed by atoms with Gasteiger partial charge in [-0.05, 0) is 22.6 Å². The molecule has 1 aliphatic rings. The molecule has 28 heavy (non-hydrogen) atoms. The largest absolute Gasteiger partial charge is 0.346 e. The summed E-state index contributed by atoms with van der Waals surface area (Å²) in [6.45, 7) is 4.91. The lowest BCUT2D eigenvalue weighted by atomic mass is 9.84. The Bertz CT molecular complexity index is 810. The van der Waals surface area contributed by atoms with E-state index in [4.69, 9.17) is 5.73 Å². The zero-order valence-electron chi connectivity index (χ0n) is 16.3. The molecule has 6 heteroatoms. The van der Waals surface area contributed by atoms with Crippen LogP contribution in [0.2, 0.25) is 0 Å². The molecule has 2 aromatic rings. The normalized spacial score (nSPS) is 16.7. The van der Waals surface area contributed by atoms with Gasteiger partial charge in [-0.3, -0.25) is 9.59 Å². The van der Waals surface area contributed by atoms with Crippen molar-refractivity contribution < 1.29 is 9.59 Å². The lowest BCUT2D eigenvalue weighted by Crippen LogP contribution is -2.49. The molecule has 0 spiro atoms. The van der Waals surface area contributed by atoms with Crippen molar-refractivity contribution in [1.29, 1.82) is 0 Å². The third-order valence-electron chi connectivity index (χ3n) is 5.18. The molecule has 1 heterocycles. The van der Waals surface area contributed by atoms with Crippen LogP contribution in [0.15, 0.2) is 54.6 Å². The molecule has 2 amide bonds. The standard InChI is InChI=1S/C22H27N3O2.ClH/c1-15(2)21(23)22(27)24-12-20(26)25-13-17-10-6-7-11-18(17)19(14-25)16-8-4-3-5-9-16;/h3-11,15,19,21H,12-14,23H2,1-2H3,(H,24,27);1H/t19?,21-;/m0./s1. The zero-order valence-corrected chi connectivity index (χ0v) is 17.1. The maximum absolute atomic E-state index is 12.8. The quantitative estimate of drug-likeness (QED) is 0.808. The van der Waals surface area contributed by atoms with Crippen LogP contribution in [0.25, 0.3) is 0 Å². The van der Waals surface area contributed by atoms with Gasteiger partial charge in [-0.25, -0.2) is 0 Å². The summed E-state index contributed by atoms with van der Waals surface area (Å²) in [5.74, 6) is -0.205. The van der Waals surface area contributed by atoms with Crippen LogP contribution in [0, 0.1) is 5.92 Å². The predicted molar refractivity (Wildman–Crippen MR) is 113 cm³/mol. The fourth-order valence-electron chi connectivity index (χ4n) is 3.46. The Morgan fingerprint density at radius 3 is 2.43 bits per heavy atom. The maximum atomic E-state index is 12.8. The molecular formula is C22H28ClN3O2. The van der Waals surface area contributed by atoms with Crippen molar-refractivity contribution in [3.63, 3.8) is 0 Å². The van der Waals surface area contributed by atoms with Crippen molar-refractivity contribution in [2.45, 2.75) is 32.4 Å². The minimum absolute atomic E-state index is 0. The molecule has 2 aromatic carbocycles. The average molecular weight is 402 g/mol. The number of carbonyl (C=O) groups is 2. The number of nitrogens with one attached hydrogen (secondary N) is 1. The van der Waals surface area contributed by atoms with Crippen molar-refractivity contribution in [3.05, 3.63) is 71.3 Å². The summed E-state index contributed by atoms with van der Waals surface area (Å²) < 4.78 is 0. The molecule has 3 N–H and O–H groups in total. The van der Waals surface area contributed by atoms with E-state index < -0.39 is 6.04 Å². The highest BCUT2D eigenvalue weighted by atomic mass is 35.5. The second kappa shape index (κ2) is 9.71. The highest BCUT2D eigenvalue weighted by molar-refractivity contribution is 5.87. The van der Waals surface area contributed by atoms with Crippen LogP contribution in [-0.4, -0.2) is 35.8 Å². The van der Waals surface area contributed by atoms with Crippen LogP contribution in [0.4, 0.5) is 0 Å². The lowest BCUT2D eigenvalue weighted by Gasteiger charge is -2.35. The SMILES string of the molecule is CC(C)[C@H](N)C(=O)NCC(=O)N1Cc2ccccc2C(c2ccccc2)C1.Cl. The molecule has 0 aromatic heterocycles. The molecule has 0 bridgehead atoms. The third-order valence-corrected chi connectivity index (χ3v) is 5.18. The van der Waals surface area contributed by atoms with E-state index in [9.17, 15) is 9.59 Å². The Hall–Kier alpha value is -2.37. The Kier molecular flexibility index (Phi) is 7.61. The Labute approximate surface area is 172 Å². The summed E-state index contributed by atoms with van der Waals surface area (Å²) in [4.78, 5) is 26.6. The van der Waals surface area contributed by atoms with Gasteiger partial charge in [0.25, 0.3) is 0 Å². The number of nitrogens with two attached hydrogens (primary N) is 1. The summed E-state index contributed by atoms with van der Waals surface area (Å²) >= 11 is 0. The molecule has 0 fully saturated rings. The number of amides is 2. The fourth-order valence-corrected chi connectivity index (χ4v) is 3.46. The van der Waals surface area contributed by atoms with E-state index in [0.29, 0.717) is 13.1 Å². The molecular weight excluding hydrogens is 374 g/mol. The van der Waals surface area contributed by atoms with Gasteiger partial charge in [-0.15, -0.1) is 12.4 Å². The van der Waals surface area contributed by atoms with Gasteiger partial charge in [0, 0.05) is 19.0 Å². The number of halogens is 1. The first-order chi connectivity index (χ1) is 13.0. The number of fused-ring (bicyclic) bond motifs is 1. The molecule has 0 saturated carbocycles. The molecule has 1 unspecified atom stereocenters. The fraction of sp³-hybridized carbons (Fsp3) is 0.364. The van der Waals surface area contributed by atoms with Gasteiger partial charge < -0.3 is 16.0 Å². The molecule has 150 valence electrons. The Morgan fingerprint density at radius 2 is 1.75 bits per heavy atom. The van der Waals surface area contributed by atoms with Gasteiger partial charge in [-0.2, -0.15) is 0 Å². The average Bonchev–Trinajstić information content (AvgIpc) is 2.70. The van der Waals surface area contributed by atoms with Crippen molar-refractivity contribution in [2.24, 2.45) is 11.7 Å². The molecule has 0 aliphatic carbocycles. The van der Waals surface area contributed by atoms with E-state index in [1.54, 1.807) is 0 Å². The minimum atomic E-state index is -0.600. The zero-order chi connectivity index (χ0) is 19.4. The van der Waals surface area contributed by atoms with E-state index in [1.165, 1.54) is 11.1 Å². The van der Waals surface area contributed by atoms with E-state index in [1.807, 2.05) is 49.1 Å². The van der Waals surface area contributed by atoms with Crippen LogP contribution in [0.1, 0.15) is 36.5 Å². The number of hydrogen-bond acceptors (Lipinski definition) is 3. The summed E-state index contributed by atoms with van der Waals surface area (Å²) in [6, 6.07) is 17.9. The number of nitrogens with zero attached hydrogens (tertiary/aromatic N) is 1. The molecule has 5 nitrogen and oxygen atoms in total. The topological polar surface area (TPSA) is 75.4 Å². The smallest absolute Gasteiger partial charge is 0.242 e. The van der Waals surface area contributed by atoms with Crippen molar-refractivity contribution >= 4 is 24.2 Å². The van der Waals surface area contributed by atoms with Gasteiger partial charge in [-0.1, -0.05) is 68.4 Å². The molecule has 3 rings (SSSR count). The second-order valence-corrected chi connectivity index (χ2v) is 7.42. The van der Waals surface area contributed by atoms with Gasteiger partial charge >= 0.3 is 0 Å². The van der Waals surface area contributed by atoms with Crippen LogP contribution >= 0.6 is 12.4 Å². The first kappa shape index (κ1) is 21.9. The Morgan fingerprint density at radius 1 is 1.11 bits per heavy atom. The maximum Gasteiger partial charge on any atom is 0.242 e. The minimum Gasteiger partial charge on any atom is -0.346 e. The van der Waals surface area contributed by atoms with Gasteiger partial charge in [0.1, 0.15) is 0 Å². The monoisotopic (exact) mass is 401 g/mol.